The van der Waals surface area contributed by atoms with Gasteiger partial charge in [-0.3, -0.25) is 4.79 Å². The van der Waals surface area contributed by atoms with E-state index in [2.05, 4.69) is 24.1 Å². The maximum atomic E-state index is 11.4. The van der Waals surface area contributed by atoms with Crippen molar-refractivity contribution in [2.24, 2.45) is 0 Å². The normalized spacial score (nSPS) is 18.0. The van der Waals surface area contributed by atoms with Gasteiger partial charge in [0.2, 0.25) is 5.91 Å². The van der Waals surface area contributed by atoms with Crippen molar-refractivity contribution in [2.45, 2.75) is 49.3 Å². The van der Waals surface area contributed by atoms with Crippen molar-refractivity contribution in [2.75, 3.05) is 18.0 Å². The number of carbonyl (C=O) groups is 1. The number of aryl methyl sites for hydroxylation is 2. The van der Waals surface area contributed by atoms with Gasteiger partial charge >= 0.3 is 0 Å². The molecule has 0 aliphatic carbocycles. The van der Waals surface area contributed by atoms with E-state index in [4.69, 9.17) is 21.6 Å². The average molecular weight is 459 g/mol. The summed E-state index contributed by atoms with van der Waals surface area (Å²) in [7, 11) is 0. The number of hydrogen-bond acceptors (Lipinski definition) is 6. The molecule has 1 spiro atoms. The molecular formula is C22H23ClN4OS2. The molecule has 156 valence electrons. The Hall–Kier alpha value is -1.83. The van der Waals surface area contributed by atoms with Crippen molar-refractivity contribution in [3.8, 4) is 0 Å². The number of thioether (sulfide) groups is 1. The van der Waals surface area contributed by atoms with Crippen LogP contribution in [0, 0.1) is 13.8 Å². The van der Waals surface area contributed by atoms with Crippen LogP contribution in [0.3, 0.4) is 0 Å². The van der Waals surface area contributed by atoms with E-state index in [0.717, 1.165) is 52.3 Å². The topological polar surface area (TPSA) is 58.1 Å². The molecule has 0 radical (unpaired) electrons. The molecule has 3 aromatic rings. The molecule has 1 N–H and O–H groups in total. The molecule has 1 amide bonds. The van der Waals surface area contributed by atoms with Crippen molar-refractivity contribution in [3.63, 3.8) is 0 Å². The van der Waals surface area contributed by atoms with Gasteiger partial charge in [-0.15, -0.1) is 23.1 Å². The van der Waals surface area contributed by atoms with E-state index >= 15 is 0 Å². The van der Waals surface area contributed by atoms with Gasteiger partial charge in [-0.25, -0.2) is 9.97 Å². The monoisotopic (exact) mass is 458 g/mol. The van der Waals surface area contributed by atoms with Crippen LogP contribution in [0.15, 0.2) is 29.2 Å². The second-order valence-corrected chi connectivity index (χ2v) is 10.9. The molecule has 2 saturated heterocycles. The summed E-state index contributed by atoms with van der Waals surface area (Å²) in [6.45, 7) is 6.14. The lowest BCUT2D eigenvalue weighted by atomic mass is 9.78. The van der Waals surface area contributed by atoms with Crippen molar-refractivity contribution in [1.82, 2.24) is 15.3 Å². The molecule has 5 nitrogen and oxygen atoms in total. The fraction of sp³-hybridized carbons (Fsp3) is 0.409. The summed E-state index contributed by atoms with van der Waals surface area (Å²) in [5.41, 5.74) is 1.30. The third kappa shape index (κ3) is 3.67. The number of thiophene rings is 1. The van der Waals surface area contributed by atoms with Crippen LogP contribution in [0.2, 0.25) is 5.02 Å². The number of carbonyl (C=O) groups excluding carboxylic acids is 1. The fourth-order valence-corrected chi connectivity index (χ4v) is 6.20. The highest BCUT2D eigenvalue weighted by atomic mass is 35.5. The summed E-state index contributed by atoms with van der Waals surface area (Å²) >= 11 is 9.47. The predicted octanol–water partition coefficient (Wildman–Crippen LogP) is 5.11. The Kier molecular flexibility index (Phi) is 5.16. The van der Waals surface area contributed by atoms with Crippen LogP contribution < -0.4 is 10.2 Å². The highest BCUT2D eigenvalue weighted by Crippen LogP contribution is 2.39. The van der Waals surface area contributed by atoms with Crippen LogP contribution in [0.1, 0.15) is 35.5 Å². The zero-order valence-electron chi connectivity index (χ0n) is 17.0. The molecule has 30 heavy (non-hydrogen) atoms. The molecule has 2 aromatic heterocycles. The smallest absolute Gasteiger partial charge is 0.222 e. The van der Waals surface area contributed by atoms with Gasteiger partial charge in [0.25, 0.3) is 0 Å². The second-order valence-electron chi connectivity index (χ2n) is 8.16. The number of halogens is 1. The summed E-state index contributed by atoms with van der Waals surface area (Å²) in [5.74, 6) is 2.80. The largest absolute Gasteiger partial charge is 0.356 e. The number of rotatable bonds is 4. The Bertz CT molecular complexity index is 1110. The molecular weight excluding hydrogens is 436 g/mol. The SMILES string of the molecule is Cc1sc2nc(CSc3ccc(Cl)cc3)nc(N3CCC4(CC3)CC(=O)N4)c2c1C. The van der Waals surface area contributed by atoms with Gasteiger partial charge < -0.3 is 10.2 Å². The number of anilines is 1. The van der Waals surface area contributed by atoms with Crippen LogP contribution in [0.5, 0.6) is 0 Å². The van der Waals surface area contributed by atoms with Crippen molar-refractivity contribution < 1.29 is 4.79 Å². The third-order valence-corrected chi connectivity index (χ3v) is 8.52. The van der Waals surface area contributed by atoms with E-state index < -0.39 is 0 Å². The zero-order chi connectivity index (χ0) is 20.9. The van der Waals surface area contributed by atoms with E-state index in [1.54, 1.807) is 23.1 Å². The lowest BCUT2D eigenvalue weighted by Crippen LogP contribution is -2.65. The van der Waals surface area contributed by atoms with Crippen LogP contribution in [0.4, 0.5) is 5.82 Å². The van der Waals surface area contributed by atoms with E-state index in [-0.39, 0.29) is 11.4 Å². The number of β-lactam (4-membered cyclic amide) rings is 1. The predicted molar refractivity (Wildman–Crippen MR) is 125 cm³/mol. The summed E-state index contributed by atoms with van der Waals surface area (Å²) in [5, 5.41) is 5.06. The molecule has 4 heterocycles. The van der Waals surface area contributed by atoms with Crippen LogP contribution >= 0.6 is 34.7 Å². The molecule has 0 bridgehead atoms. The molecule has 2 fully saturated rings. The number of amides is 1. The Balaban J connectivity index is 1.42. The Labute approximate surface area is 189 Å². The lowest BCUT2D eigenvalue weighted by molar-refractivity contribution is -0.133. The summed E-state index contributed by atoms with van der Waals surface area (Å²) in [4.78, 5) is 27.3. The Morgan fingerprint density at radius 1 is 1.20 bits per heavy atom. The summed E-state index contributed by atoms with van der Waals surface area (Å²) < 4.78 is 0. The number of fused-ring (bicyclic) bond motifs is 1. The Morgan fingerprint density at radius 2 is 1.90 bits per heavy atom. The standard InChI is InChI=1S/C22H23ClN4OS2/c1-13-14(2)30-21-19(13)20(27-9-7-22(8-10-27)11-18(28)26-22)24-17(25-21)12-29-16-5-3-15(23)4-6-16/h3-6H,7-12H2,1-2H3,(H,26,28). The van der Waals surface area contributed by atoms with E-state index in [9.17, 15) is 4.79 Å². The number of hydrogen-bond donors (Lipinski definition) is 1. The first-order valence-corrected chi connectivity index (χ1v) is 12.3. The van der Waals surface area contributed by atoms with Crippen LogP contribution in [0.25, 0.3) is 10.2 Å². The summed E-state index contributed by atoms with van der Waals surface area (Å²) in [6.07, 6.45) is 2.61. The maximum absolute atomic E-state index is 11.4. The van der Waals surface area contributed by atoms with Gasteiger partial charge in [0.15, 0.2) is 0 Å². The molecule has 5 rings (SSSR count). The fourth-order valence-electron chi connectivity index (χ4n) is 4.28. The minimum Gasteiger partial charge on any atom is -0.356 e. The molecule has 0 saturated carbocycles. The van der Waals surface area contributed by atoms with Crippen LogP contribution in [-0.2, 0) is 10.5 Å². The second kappa shape index (κ2) is 7.70. The molecule has 0 atom stereocenters. The minimum absolute atomic E-state index is 0.0204. The van der Waals surface area contributed by atoms with Crippen molar-refractivity contribution >= 4 is 56.6 Å². The summed E-state index contributed by atoms with van der Waals surface area (Å²) in [6, 6.07) is 7.88. The first-order valence-electron chi connectivity index (χ1n) is 10.1. The molecule has 2 aliphatic heterocycles. The van der Waals surface area contributed by atoms with Gasteiger partial charge in [-0.1, -0.05) is 11.6 Å². The number of benzene rings is 1. The van der Waals surface area contributed by atoms with Crippen molar-refractivity contribution in [3.05, 3.63) is 45.6 Å². The lowest BCUT2D eigenvalue weighted by Gasteiger charge is -2.48. The number of aromatic nitrogens is 2. The van der Waals surface area contributed by atoms with Gasteiger partial charge in [-0.05, 0) is 56.5 Å². The number of nitrogens with zero attached hydrogens (tertiary/aromatic N) is 3. The van der Waals surface area contributed by atoms with Gasteiger partial charge in [-0.2, -0.15) is 0 Å². The van der Waals surface area contributed by atoms with Crippen LogP contribution in [-0.4, -0.2) is 34.5 Å². The highest BCUT2D eigenvalue weighted by Gasteiger charge is 2.45. The van der Waals surface area contributed by atoms with Gasteiger partial charge in [0, 0.05) is 34.3 Å². The quantitative estimate of drug-likeness (QED) is 0.434. The minimum atomic E-state index is 0.0204. The molecule has 2 aliphatic rings. The molecule has 8 heteroatoms. The van der Waals surface area contributed by atoms with E-state index in [1.165, 1.54) is 15.8 Å². The molecule has 1 aromatic carbocycles. The first-order chi connectivity index (χ1) is 14.4. The van der Waals surface area contributed by atoms with E-state index in [1.807, 2.05) is 24.3 Å². The number of piperidine rings is 1. The van der Waals surface area contributed by atoms with Crippen molar-refractivity contribution in [1.29, 1.82) is 0 Å². The number of nitrogens with one attached hydrogen (secondary N) is 1. The molecule has 0 unspecified atom stereocenters. The first kappa shape index (κ1) is 20.1. The third-order valence-electron chi connectivity index (χ3n) is 6.16. The van der Waals surface area contributed by atoms with Gasteiger partial charge in [0.05, 0.1) is 16.7 Å². The highest BCUT2D eigenvalue weighted by molar-refractivity contribution is 7.98. The van der Waals surface area contributed by atoms with E-state index in [0.29, 0.717) is 12.2 Å². The Morgan fingerprint density at radius 3 is 2.57 bits per heavy atom. The zero-order valence-corrected chi connectivity index (χ0v) is 19.4. The van der Waals surface area contributed by atoms with Gasteiger partial charge in [0.1, 0.15) is 16.5 Å². The average Bonchev–Trinajstić information content (AvgIpc) is 3.00. The maximum Gasteiger partial charge on any atom is 0.222 e.